The predicted octanol–water partition coefficient (Wildman–Crippen LogP) is 2.98. The molecule has 0 bridgehead atoms. The Hall–Kier alpha value is -2.71. The third-order valence-electron chi connectivity index (χ3n) is 3.41. The van der Waals surface area contributed by atoms with Gasteiger partial charge in [-0.3, -0.25) is 4.90 Å². The first-order chi connectivity index (χ1) is 11.9. The molecule has 0 spiro atoms. The Labute approximate surface area is 150 Å². The lowest BCUT2D eigenvalue weighted by atomic mass is 10.3. The van der Waals surface area contributed by atoms with Gasteiger partial charge >= 0.3 is 11.7 Å². The van der Waals surface area contributed by atoms with Gasteiger partial charge in [-0.25, -0.2) is 14.0 Å². The molecule has 0 saturated heterocycles. The average Bonchev–Trinajstić information content (AvgIpc) is 2.95. The summed E-state index contributed by atoms with van der Waals surface area (Å²) in [7, 11) is 1.31. The molecule has 7 nitrogen and oxygen atoms in total. The Morgan fingerprint density at radius 3 is 2.36 bits per heavy atom. The van der Waals surface area contributed by atoms with Gasteiger partial charge in [0.2, 0.25) is 0 Å². The third kappa shape index (κ3) is 3.01. The SMILES string of the molecule is CN(C(=O)n1nnn(-c2c(Cl)cccc2Cl)c1=O)c1ccccc1F. The van der Waals surface area contributed by atoms with Crippen molar-refractivity contribution in [1.82, 2.24) is 19.8 Å². The van der Waals surface area contributed by atoms with Crippen molar-refractivity contribution in [3.05, 3.63) is 68.8 Å². The smallest absolute Gasteiger partial charge is 0.292 e. The summed E-state index contributed by atoms with van der Waals surface area (Å²) in [6.45, 7) is 0. The van der Waals surface area contributed by atoms with Gasteiger partial charge < -0.3 is 0 Å². The Balaban J connectivity index is 2.03. The van der Waals surface area contributed by atoms with E-state index in [1.807, 2.05) is 0 Å². The lowest BCUT2D eigenvalue weighted by Crippen LogP contribution is -2.39. The summed E-state index contributed by atoms with van der Waals surface area (Å²) in [6, 6.07) is 9.38. The zero-order chi connectivity index (χ0) is 18.1. The minimum absolute atomic E-state index is 0.00951. The molecule has 2 aromatic carbocycles. The van der Waals surface area contributed by atoms with Crippen LogP contribution in [0.25, 0.3) is 5.69 Å². The van der Waals surface area contributed by atoms with E-state index in [4.69, 9.17) is 23.2 Å². The van der Waals surface area contributed by atoms with Crippen LogP contribution in [0.1, 0.15) is 0 Å². The van der Waals surface area contributed by atoms with E-state index >= 15 is 0 Å². The number of nitrogens with zero attached hydrogens (tertiary/aromatic N) is 5. The molecular formula is C15H10Cl2FN5O2. The fourth-order valence-corrected chi connectivity index (χ4v) is 2.72. The summed E-state index contributed by atoms with van der Waals surface area (Å²) in [4.78, 5) is 25.9. The van der Waals surface area contributed by atoms with Crippen LogP contribution in [0.15, 0.2) is 47.3 Å². The molecule has 0 aliphatic carbocycles. The van der Waals surface area contributed by atoms with Crippen molar-refractivity contribution < 1.29 is 9.18 Å². The van der Waals surface area contributed by atoms with Crippen molar-refractivity contribution in [2.75, 3.05) is 11.9 Å². The van der Waals surface area contributed by atoms with Gasteiger partial charge in [-0.15, -0.1) is 4.68 Å². The predicted molar refractivity (Wildman–Crippen MR) is 91.2 cm³/mol. The zero-order valence-electron chi connectivity index (χ0n) is 12.7. The molecule has 25 heavy (non-hydrogen) atoms. The second-order valence-corrected chi connectivity index (χ2v) is 5.76. The fourth-order valence-electron chi connectivity index (χ4n) is 2.17. The number of benzene rings is 2. The molecule has 0 fully saturated rings. The van der Waals surface area contributed by atoms with Crippen LogP contribution in [0.2, 0.25) is 10.0 Å². The molecule has 1 aromatic heterocycles. The van der Waals surface area contributed by atoms with Gasteiger partial charge in [-0.2, -0.15) is 4.68 Å². The van der Waals surface area contributed by atoms with Gasteiger partial charge in [-0.05, 0) is 34.7 Å². The van der Waals surface area contributed by atoms with E-state index < -0.39 is 17.5 Å². The van der Waals surface area contributed by atoms with E-state index in [0.717, 1.165) is 9.58 Å². The maximum atomic E-state index is 13.8. The Bertz CT molecular complexity index is 997. The van der Waals surface area contributed by atoms with Gasteiger partial charge in [0.05, 0.1) is 15.7 Å². The maximum absolute atomic E-state index is 13.8. The highest BCUT2D eigenvalue weighted by Crippen LogP contribution is 2.26. The zero-order valence-corrected chi connectivity index (χ0v) is 14.2. The Kier molecular flexibility index (Phi) is 4.56. The van der Waals surface area contributed by atoms with Crippen LogP contribution < -0.4 is 10.6 Å². The van der Waals surface area contributed by atoms with Crippen LogP contribution in [0.5, 0.6) is 0 Å². The van der Waals surface area contributed by atoms with Gasteiger partial charge in [0.25, 0.3) is 0 Å². The first kappa shape index (κ1) is 17.1. The molecule has 0 unspecified atom stereocenters. The minimum Gasteiger partial charge on any atom is -0.292 e. The first-order valence-electron chi connectivity index (χ1n) is 6.94. The van der Waals surface area contributed by atoms with Crippen molar-refractivity contribution in [3.8, 4) is 5.69 Å². The van der Waals surface area contributed by atoms with Crippen molar-refractivity contribution >= 4 is 34.9 Å². The van der Waals surface area contributed by atoms with Gasteiger partial charge in [0.15, 0.2) is 0 Å². The number of halogens is 3. The number of hydrogen-bond donors (Lipinski definition) is 0. The molecule has 0 aliphatic rings. The molecule has 0 radical (unpaired) electrons. The molecule has 1 heterocycles. The minimum atomic E-state index is -0.886. The van der Waals surface area contributed by atoms with Crippen LogP contribution in [-0.2, 0) is 0 Å². The number of aromatic nitrogens is 4. The molecule has 10 heteroatoms. The van der Waals surface area contributed by atoms with Crippen molar-refractivity contribution in [2.24, 2.45) is 0 Å². The molecule has 128 valence electrons. The number of anilines is 1. The van der Waals surface area contributed by atoms with Crippen molar-refractivity contribution in [3.63, 3.8) is 0 Å². The van der Waals surface area contributed by atoms with Crippen LogP contribution >= 0.6 is 23.2 Å². The van der Waals surface area contributed by atoms with E-state index in [1.54, 1.807) is 12.1 Å². The number of rotatable bonds is 2. The summed E-state index contributed by atoms with van der Waals surface area (Å²) in [5.74, 6) is -0.618. The summed E-state index contributed by atoms with van der Waals surface area (Å²) in [5.41, 5.74) is -0.795. The fraction of sp³-hybridized carbons (Fsp3) is 0.0667. The second-order valence-electron chi connectivity index (χ2n) is 4.95. The number of tetrazole rings is 1. The lowest BCUT2D eigenvalue weighted by Gasteiger charge is -2.16. The van der Waals surface area contributed by atoms with E-state index in [-0.39, 0.29) is 21.4 Å². The third-order valence-corrected chi connectivity index (χ3v) is 4.02. The Morgan fingerprint density at radius 1 is 1.08 bits per heavy atom. The number of amides is 1. The van der Waals surface area contributed by atoms with E-state index in [2.05, 4.69) is 10.4 Å². The average molecular weight is 382 g/mol. The lowest BCUT2D eigenvalue weighted by molar-refractivity contribution is 0.244. The van der Waals surface area contributed by atoms with E-state index in [9.17, 15) is 14.0 Å². The van der Waals surface area contributed by atoms with E-state index in [1.165, 1.54) is 37.4 Å². The van der Waals surface area contributed by atoms with Crippen LogP contribution in [0.4, 0.5) is 14.9 Å². The van der Waals surface area contributed by atoms with Gasteiger partial charge in [-0.1, -0.05) is 41.4 Å². The highest BCUT2D eigenvalue weighted by molar-refractivity contribution is 6.37. The largest absolute Gasteiger partial charge is 0.377 e. The summed E-state index contributed by atoms with van der Waals surface area (Å²) >= 11 is 12.1. The van der Waals surface area contributed by atoms with E-state index in [0.29, 0.717) is 4.68 Å². The van der Waals surface area contributed by atoms with Crippen molar-refractivity contribution in [2.45, 2.75) is 0 Å². The summed E-state index contributed by atoms with van der Waals surface area (Å²) in [5, 5.41) is 7.50. The molecular weight excluding hydrogens is 372 g/mol. The molecule has 1 amide bonds. The van der Waals surface area contributed by atoms with Gasteiger partial charge in [0.1, 0.15) is 11.5 Å². The topological polar surface area (TPSA) is 73.0 Å². The molecule has 3 rings (SSSR count). The van der Waals surface area contributed by atoms with Gasteiger partial charge in [0, 0.05) is 7.05 Å². The maximum Gasteiger partial charge on any atom is 0.377 e. The Morgan fingerprint density at radius 2 is 1.72 bits per heavy atom. The van der Waals surface area contributed by atoms with Crippen molar-refractivity contribution in [1.29, 1.82) is 0 Å². The summed E-state index contributed by atoms with van der Waals surface area (Å²) in [6.07, 6.45) is 0. The normalized spacial score (nSPS) is 10.7. The highest BCUT2D eigenvalue weighted by atomic mass is 35.5. The second kappa shape index (κ2) is 6.66. The standard InChI is InChI=1S/C15H10Cl2FN5O2/c1-21(12-8-3-2-7-11(12)18)14(24)23-15(25)22(19-20-23)13-9(16)5-4-6-10(13)17/h2-8H,1H3. The molecule has 3 aromatic rings. The highest BCUT2D eigenvalue weighted by Gasteiger charge is 2.23. The molecule has 0 saturated carbocycles. The quantitative estimate of drug-likeness (QED) is 0.639. The molecule has 0 N–H and O–H groups in total. The molecule has 0 aliphatic heterocycles. The molecule has 0 atom stereocenters. The first-order valence-corrected chi connectivity index (χ1v) is 7.69. The number of carbonyl (C=O) groups excluding carboxylic acids is 1. The van der Waals surface area contributed by atoms with Crippen LogP contribution in [-0.4, -0.2) is 32.9 Å². The monoisotopic (exact) mass is 381 g/mol. The number of para-hydroxylation sites is 2. The number of carbonyl (C=O) groups is 1. The summed E-state index contributed by atoms with van der Waals surface area (Å²) < 4.78 is 15.1. The van der Waals surface area contributed by atoms with Crippen LogP contribution in [0, 0.1) is 5.82 Å². The number of hydrogen-bond acceptors (Lipinski definition) is 4. The van der Waals surface area contributed by atoms with Crippen LogP contribution in [0.3, 0.4) is 0 Å².